The van der Waals surface area contributed by atoms with Crippen LogP contribution in [0.1, 0.15) is 12.8 Å². The summed E-state index contributed by atoms with van der Waals surface area (Å²) >= 11 is 1.45. The maximum Gasteiger partial charge on any atom is 0.262 e. The standard InChI is InChI=1S/C24H20N4O3S/c29-21(26-17-8-10-18(11-9-17)28-12-4-7-22(28)30)14-27-15-25-23-19(24(27)31)13-20(32-23)16-5-2-1-3-6-16/h1-3,5-6,8-11,13,15H,4,7,12,14H2,(H,26,29). The Bertz CT molecular complexity index is 1360. The smallest absolute Gasteiger partial charge is 0.262 e. The molecule has 0 atom stereocenters. The molecule has 2 aromatic carbocycles. The Balaban J connectivity index is 1.31. The molecule has 5 rings (SSSR count). The van der Waals surface area contributed by atoms with Gasteiger partial charge in [0.2, 0.25) is 11.8 Å². The Labute approximate surface area is 187 Å². The minimum Gasteiger partial charge on any atom is -0.325 e. The van der Waals surface area contributed by atoms with Gasteiger partial charge in [0.15, 0.2) is 0 Å². The molecule has 3 heterocycles. The number of hydrogen-bond donors (Lipinski definition) is 1. The van der Waals surface area contributed by atoms with Crippen LogP contribution in [0.25, 0.3) is 20.7 Å². The van der Waals surface area contributed by atoms with Gasteiger partial charge in [-0.1, -0.05) is 30.3 Å². The van der Waals surface area contributed by atoms with Gasteiger partial charge in [-0.25, -0.2) is 4.98 Å². The van der Waals surface area contributed by atoms with Crippen molar-refractivity contribution in [2.24, 2.45) is 0 Å². The number of thiophene rings is 1. The highest BCUT2D eigenvalue weighted by molar-refractivity contribution is 7.21. The molecule has 0 unspecified atom stereocenters. The lowest BCUT2D eigenvalue weighted by molar-refractivity contribution is -0.117. The van der Waals surface area contributed by atoms with E-state index in [1.165, 1.54) is 22.2 Å². The van der Waals surface area contributed by atoms with Gasteiger partial charge in [0.05, 0.1) is 11.7 Å². The summed E-state index contributed by atoms with van der Waals surface area (Å²) < 4.78 is 1.32. The Hall–Kier alpha value is -3.78. The zero-order valence-corrected chi connectivity index (χ0v) is 18.0. The van der Waals surface area contributed by atoms with Crippen LogP contribution in [0, 0.1) is 0 Å². The Morgan fingerprint density at radius 2 is 1.84 bits per heavy atom. The summed E-state index contributed by atoms with van der Waals surface area (Å²) in [6.07, 6.45) is 2.85. The van der Waals surface area contributed by atoms with E-state index in [2.05, 4.69) is 10.3 Å². The monoisotopic (exact) mass is 444 g/mol. The Morgan fingerprint density at radius 1 is 1.06 bits per heavy atom. The largest absolute Gasteiger partial charge is 0.325 e. The van der Waals surface area contributed by atoms with Crippen LogP contribution in [-0.4, -0.2) is 27.9 Å². The van der Waals surface area contributed by atoms with Crippen LogP contribution in [0.4, 0.5) is 11.4 Å². The average Bonchev–Trinajstić information content (AvgIpc) is 3.44. The van der Waals surface area contributed by atoms with Crippen molar-refractivity contribution in [1.82, 2.24) is 9.55 Å². The van der Waals surface area contributed by atoms with Crippen molar-refractivity contribution in [3.63, 3.8) is 0 Å². The maximum absolute atomic E-state index is 12.9. The summed E-state index contributed by atoms with van der Waals surface area (Å²) in [7, 11) is 0. The average molecular weight is 445 g/mol. The van der Waals surface area contributed by atoms with E-state index in [0.717, 1.165) is 29.1 Å². The third kappa shape index (κ3) is 3.92. The third-order valence-corrected chi connectivity index (χ3v) is 6.52. The summed E-state index contributed by atoms with van der Waals surface area (Å²) in [6.45, 7) is 0.585. The molecule has 2 aromatic heterocycles. The van der Waals surface area contributed by atoms with Crippen molar-refractivity contribution >= 4 is 44.7 Å². The molecule has 32 heavy (non-hydrogen) atoms. The third-order valence-electron chi connectivity index (χ3n) is 5.43. The number of nitrogens with zero attached hydrogens (tertiary/aromatic N) is 3. The molecule has 0 bridgehead atoms. The highest BCUT2D eigenvalue weighted by atomic mass is 32.1. The maximum atomic E-state index is 12.9. The lowest BCUT2D eigenvalue weighted by Crippen LogP contribution is -2.27. The van der Waals surface area contributed by atoms with E-state index in [4.69, 9.17) is 0 Å². The molecule has 160 valence electrons. The molecule has 1 N–H and O–H groups in total. The molecule has 1 aliphatic heterocycles. The summed E-state index contributed by atoms with van der Waals surface area (Å²) in [5.74, 6) is -0.204. The van der Waals surface area contributed by atoms with Gasteiger partial charge in [0.25, 0.3) is 5.56 Å². The highest BCUT2D eigenvalue weighted by Crippen LogP contribution is 2.30. The van der Waals surface area contributed by atoms with Gasteiger partial charge >= 0.3 is 0 Å². The number of aromatic nitrogens is 2. The lowest BCUT2D eigenvalue weighted by Gasteiger charge is -2.16. The van der Waals surface area contributed by atoms with Gasteiger partial charge < -0.3 is 10.2 Å². The first-order chi connectivity index (χ1) is 15.6. The number of anilines is 2. The molecule has 0 radical (unpaired) electrons. The molecule has 4 aromatic rings. The molecule has 8 heteroatoms. The number of carbonyl (C=O) groups excluding carboxylic acids is 2. The second kappa shape index (κ2) is 8.39. The minimum absolute atomic E-state index is 0.118. The second-order valence-corrected chi connectivity index (χ2v) is 8.65. The van der Waals surface area contributed by atoms with Gasteiger partial charge in [0, 0.05) is 29.2 Å². The molecule has 1 fully saturated rings. The summed E-state index contributed by atoms with van der Waals surface area (Å²) in [6, 6.07) is 18.8. The normalized spacial score (nSPS) is 13.6. The minimum atomic E-state index is -0.322. The fourth-order valence-electron chi connectivity index (χ4n) is 3.82. The van der Waals surface area contributed by atoms with E-state index in [0.29, 0.717) is 22.3 Å². The van der Waals surface area contributed by atoms with Gasteiger partial charge in [-0.05, 0) is 42.3 Å². The van der Waals surface area contributed by atoms with Crippen LogP contribution >= 0.6 is 11.3 Å². The Kier molecular flexibility index (Phi) is 5.28. The molecule has 7 nitrogen and oxygen atoms in total. The number of benzene rings is 2. The number of amides is 2. The van der Waals surface area contributed by atoms with Crippen LogP contribution in [0.15, 0.2) is 71.8 Å². The van der Waals surface area contributed by atoms with Crippen molar-refractivity contribution < 1.29 is 9.59 Å². The fraction of sp³-hybridized carbons (Fsp3) is 0.167. The van der Waals surface area contributed by atoms with E-state index in [9.17, 15) is 14.4 Å². The zero-order chi connectivity index (χ0) is 22.1. The van der Waals surface area contributed by atoms with Gasteiger partial charge in [-0.3, -0.25) is 19.0 Å². The fourth-order valence-corrected chi connectivity index (χ4v) is 4.81. The summed E-state index contributed by atoms with van der Waals surface area (Å²) in [5.41, 5.74) is 2.21. The molecule has 0 aliphatic carbocycles. The predicted molar refractivity (Wildman–Crippen MR) is 126 cm³/mol. The van der Waals surface area contributed by atoms with Gasteiger partial charge in [-0.2, -0.15) is 0 Å². The molecule has 1 aliphatic rings. The zero-order valence-electron chi connectivity index (χ0n) is 17.2. The van der Waals surface area contributed by atoms with E-state index in [1.54, 1.807) is 17.0 Å². The van der Waals surface area contributed by atoms with Crippen LogP contribution < -0.4 is 15.8 Å². The SMILES string of the molecule is O=C(Cn1cnc2sc(-c3ccccc3)cc2c1=O)Nc1ccc(N2CCCC2=O)cc1. The number of nitrogens with one attached hydrogen (secondary N) is 1. The van der Waals surface area contributed by atoms with Crippen LogP contribution in [0.5, 0.6) is 0 Å². The molecular formula is C24H20N4O3S. The first-order valence-corrected chi connectivity index (χ1v) is 11.1. The van der Waals surface area contributed by atoms with Crippen molar-refractivity contribution in [2.75, 3.05) is 16.8 Å². The molecule has 0 spiro atoms. The molecule has 1 saturated heterocycles. The van der Waals surface area contributed by atoms with Crippen molar-refractivity contribution in [3.8, 4) is 10.4 Å². The van der Waals surface area contributed by atoms with E-state index in [-0.39, 0.29) is 23.9 Å². The number of carbonyl (C=O) groups is 2. The topological polar surface area (TPSA) is 84.3 Å². The molecular weight excluding hydrogens is 424 g/mol. The highest BCUT2D eigenvalue weighted by Gasteiger charge is 2.21. The Morgan fingerprint density at radius 3 is 2.56 bits per heavy atom. The molecule has 0 saturated carbocycles. The van der Waals surface area contributed by atoms with Crippen LogP contribution in [-0.2, 0) is 16.1 Å². The quantitative estimate of drug-likeness (QED) is 0.506. The van der Waals surface area contributed by atoms with Gasteiger partial charge in [-0.15, -0.1) is 11.3 Å². The van der Waals surface area contributed by atoms with Crippen molar-refractivity contribution in [3.05, 3.63) is 77.3 Å². The first-order valence-electron chi connectivity index (χ1n) is 10.3. The summed E-state index contributed by atoms with van der Waals surface area (Å²) in [5, 5.41) is 3.30. The van der Waals surface area contributed by atoms with Crippen molar-refractivity contribution in [1.29, 1.82) is 0 Å². The second-order valence-electron chi connectivity index (χ2n) is 7.62. The van der Waals surface area contributed by atoms with Gasteiger partial charge in [0.1, 0.15) is 11.4 Å². The number of rotatable bonds is 5. The predicted octanol–water partition coefficient (Wildman–Crippen LogP) is 3.89. The van der Waals surface area contributed by atoms with Crippen LogP contribution in [0.2, 0.25) is 0 Å². The first kappa shape index (κ1) is 20.1. The number of fused-ring (bicyclic) bond motifs is 1. The van der Waals surface area contributed by atoms with E-state index in [1.807, 2.05) is 48.5 Å². The lowest BCUT2D eigenvalue weighted by atomic mass is 10.2. The van der Waals surface area contributed by atoms with Crippen LogP contribution in [0.3, 0.4) is 0 Å². The molecule has 2 amide bonds. The van der Waals surface area contributed by atoms with E-state index >= 15 is 0 Å². The van der Waals surface area contributed by atoms with E-state index < -0.39 is 0 Å². The summed E-state index contributed by atoms with van der Waals surface area (Å²) in [4.78, 5) is 45.0. The number of hydrogen-bond acceptors (Lipinski definition) is 5. The van der Waals surface area contributed by atoms with Crippen molar-refractivity contribution in [2.45, 2.75) is 19.4 Å².